The third kappa shape index (κ3) is 4.64. The van der Waals surface area contributed by atoms with Crippen molar-refractivity contribution in [1.82, 2.24) is 29.4 Å². The van der Waals surface area contributed by atoms with Gasteiger partial charge in [-0.2, -0.15) is 0 Å². The highest BCUT2D eigenvalue weighted by molar-refractivity contribution is 5.93. The van der Waals surface area contributed by atoms with Crippen molar-refractivity contribution < 1.29 is 14.3 Å². The molecule has 2 N–H and O–H groups in total. The van der Waals surface area contributed by atoms with Gasteiger partial charge < -0.3 is 15.4 Å². The van der Waals surface area contributed by atoms with Crippen LogP contribution in [-0.4, -0.2) is 61.5 Å². The summed E-state index contributed by atoms with van der Waals surface area (Å²) in [6, 6.07) is 21.0. The average Bonchev–Trinajstić information content (AvgIpc) is 3.39. The van der Waals surface area contributed by atoms with Gasteiger partial charge in [0.05, 0.1) is 36.2 Å². The second kappa shape index (κ2) is 10.6. The number of nitrogen functional groups attached to an aromatic ring is 1. The fourth-order valence-corrected chi connectivity index (χ4v) is 5.05. The van der Waals surface area contributed by atoms with E-state index < -0.39 is 0 Å². The van der Waals surface area contributed by atoms with Gasteiger partial charge in [0.2, 0.25) is 0 Å². The second-order valence-corrected chi connectivity index (χ2v) is 9.60. The van der Waals surface area contributed by atoms with Crippen molar-refractivity contribution in [3.63, 3.8) is 0 Å². The number of nitrogens with two attached hydrogens (primary N) is 1. The van der Waals surface area contributed by atoms with Gasteiger partial charge in [0, 0.05) is 24.8 Å². The highest BCUT2D eigenvalue weighted by Gasteiger charge is 2.29. The number of hydrogen-bond donors (Lipinski definition) is 1. The first-order chi connectivity index (χ1) is 19.5. The van der Waals surface area contributed by atoms with Crippen molar-refractivity contribution in [2.24, 2.45) is 5.92 Å². The van der Waals surface area contributed by atoms with Gasteiger partial charge in [0.25, 0.3) is 5.91 Å². The van der Waals surface area contributed by atoms with Crippen molar-refractivity contribution in [3.05, 3.63) is 84.8 Å². The Hall–Kier alpha value is -5.12. The molecule has 1 fully saturated rings. The maximum absolute atomic E-state index is 13.2. The Balaban J connectivity index is 1.38. The monoisotopic (exact) mass is 533 g/mol. The van der Waals surface area contributed by atoms with Gasteiger partial charge in [-0.15, -0.1) is 0 Å². The van der Waals surface area contributed by atoms with Crippen molar-refractivity contribution in [2.75, 3.05) is 25.9 Å². The van der Waals surface area contributed by atoms with Crippen LogP contribution >= 0.6 is 0 Å². The van der Waals surface area contributed by atoms with Gasteiger partial charge >= 0.3 is 5.97 Å². The molecule has 0 unspecified atom stereocenters. The zero-order chi connectivity index (χ0) is 27.6. The van der Waals surface area contributed by atoms with Crippen LogP contribution in [-0.2, 0) is 9.53 Å². The van der Waals surface area contributed by atoms with Gasteiger partial charge in [-0.05, 0) is 49.2 Å². The number of anilines is 1. The summed E-state index contributed by atoms with van der Waals surface area (Å²) in [5, 5.41) is 0. The normalized spacial score (nSPS) is 13.9. The number of carbonyl (C=O) groups excluding carboxylic acids is 2. The molecule has 0 spiro atoms. The van der Waals surface area contributed by atoms with Crippen LogP contribution in [0.3, 0.4) is 0 Å². The standard InChI is InChI=1S/C30H27N7O3/c1-40-30(39)20-13-16-36(17-14-20)29(38)25-10-9-21(18-33-25)37-27(22-8-5-15-32-26(22)31)35-24-12-11-23(34-28(24)37)19-6-3-2-4-7-19/h2-12,15,18,20H,13-14,16-17H2,1H3,(H2,31,32). The number of rotatable bonds is 5. The van der Waals surface area contributed by atoms with Crippen LogP contribution in [0.25, 0.3) is 39.5 Å². The lowest BCUT2D eigenvalue weighted by atomic mass is 9.97. The van der Waals surface area contributed by atoms with E-state index in [9.17, 15) is 9.59 Å². The Kier molecular flexibility index (Phi) is 6.65. The Morgan fingerprint density at radius 3 is 2.42 bits per heavy atom. The highest BCUT2D eigenvalue weighted by atomic mass is 16.5. The third-order valence-electron chi connectivity index (χ3n) is 7.20. The first-order valence-corrected chi connectivity index (χ1v) is 13.0. The van der Waals surface area contributed by atoms with Crippen molar-refractivity contribution in [1.29, 1.82) is 0 Å². The minimum absolute atomic E-state index is 0.174. The lowest BCUT2D eigenvalue weighted by Crippen LogP contribution is -2.40. The molecule has 10 nitrogen and oxygen atoms in total. The summed E-state index contributed by atoms with van der Waals surface area (Å²) in [5.74, 6) is 0.342. The number of imidazole rings is 1. The quantitative estimate of drug-likeness (QED) is 0.334. The molecule has 0 radical (unpaired) electrons. The van der Waals surface area contributed by atoms with Crippen LogP contribution in [0.4, 0.5) is 5.82 Å². The van der Waals surface area contributed by atoms with Crippen LogP contribution in [0.1, 0.15) is 23.3 Å². The maximum Gasteiger partial charge on any atom is 0.308 e. The maximum atomic E-state index is 13.2. The zero-order valence-electron chi connectivity index (χ0n) is 21.9. The van der Waals surface area contributed by atoms with Gasteiger partial charge in [-0.1, -0.05) is 30.3 Å². The first kappa shape index (κ1) is 25.2. The Bertz CT molecular complexity index is 1690. The van der Waals surface area contributed by atoms with Crippen molar-refractivity contribution >= 4 is 28.9 Å². The average molecular weight is 534 g/mol. The summed E-state index contributed by atoms with van der Waals surface area (Å²) < 4.78 is 6.74. The molecule has 5 aromatic rings. The van der Waals surface area contributed by atoms with Crippen LogP contribution in [0.5, 0.6) is 0 Å². The number of amides is 1. The Morgan fingerprint density at radius 2 is 1.73 bits per heavy atom. The molecule has 0 atom stereocenters. The summed E-state index contributed by atoms with van der Waals surface area (Å²) in [7, 11) is 1.39. The van der Waals surface area contributed by atoms with Crippen molar-refractivity contribution in [3.8, 4) is 28.3 Å². The van der Waals surface area contributed by atoms with E-state index >= 15 is 0 Å². The number of fused-ring (bicyclic) bond motifs is 1. The number of ether oxygens (including phenoxy) is 1. The number of benzene rings is 1. The number of esters is 1. The number of pyridine rings is 3. The van der Waals surface area contributed by atoms with E-state index in [2.05, 4.69) is 9.97 Å². The predicted molar refractivity (Wildman–Crippen MR) is 150 cm³/mol. The number of carbonyl (C=O) groups is 2. The van der Waals surface area contributed by atoms with Gasteiger partial charge in [-0.3, -0.25) is 14.2 Å². The second-order valence-electron chi connectivity index (χ2n) is 9.60. The molecule has 0 saturated carbocycles. The lowest BCUT2D eigenvalue weighted by Gasteiger charge is -2.30. The molecule has 200 valence electrons. The molecule has 6 rings (SSSR count). The Morgan fingerprint density at radius 1 is 0.925 bits per heavy atom. The van der Waals surface area contributed by atoms with Gasteiger partial charge in [0.1, 0.15) is 17.0 Å². The first-order valence-electron chi connectivity index (χ1n) is 13.0. The fraction of sp³-hybridized carbons (Fsp3) is 0.200. The van der Waals surface area contributed by atoms with Crippen LogP contribution in [0.15, 0.2) is 79.1 Å². The topological polar surface area (TPSA) is 129 Å². The summed E-state index contributed by atoms with van der Waals surface area (Å²) in [4.78, 5) is 45.3. The molecular weight excluding hydrogens is 506 g/mol. The predicted octanol–water partition coefficient (Wildman–Crippen LogP) is 4.15. The minimum Gasteiger partial charge on any atom is -0.469 e. The molecule has 1 aliphatic heterocycles. The molecular formula is C30H27N7O3. The molecule has 10 heteroatoms. The molecule has 4 aromatic heterocycles. The van der Waals surface area contributed by atoms with E-state index in [1.165, 1.54) is 7.11 Å². The number of likely N-dealkylation sites (tertiary alicyclic amines) is 1. The van der Waals surface area contributed by atoms with E-state index in [0.717, 1.165) is 11.3 Å². The molecule has 1 aromatic carbocycles. The van der Waals surface area contributed by atoms with Gasteiger partial charge in [-0.25, -0.2) is 19.9 Å². The lowest BCUT2D eigenvalue weighted by molar-refractivity contribution is -0.146. The molecule has 1 aliphatic rings. The number of methoxy groups -OCH3 is 1. The van der Waals surface area contributed by atoms with Crippen LogP contribution in [0.2, 0.25) is 0 Å². The summed E-state index contributed by atoms with van der Waals surface area (Å²) in [5.41, 5.74) is 11.0. The smallest absolute Gasteiger partial charge is 0.308 e. The highest BCUT2D eigenvalue weighted by Crippen LogP contribution is 2.31. The molecule has 1 saturated heterocycles. The van der Waals surface area contributed by atoms with E-state index in [0.29, 0.717) is 65.7 Å². The van der Waals surface area contributed by atoms with Crippen LogP contribution in [0, 0.1) is 5.92 Å². The van der Waals surface area contributed by atoms with Gasteiger partial charge in [0.15, 0.2) is 11.5 Å². The van der Waals surface area contributed by atoms with Crippen molar-refractivity contribution in [2.45, 2.75) is 12.8 Å². The molecule has 5 heterocycles. The largest absolute Gasteiger partial charge is 0.469 e. The number of piperidine rings is 1. The Labute approximate surface area is 230 Å². The fourth-order valence-electron chi connectivity index (χ4n) is 5.05. The summed E-state index contributed by atoms with van der Waals surface area (Å²) in [6.07, 6.45) is 4.42. The van der Waals surface area contributed by atoms with E-state index in [1.807, 2.05) is 65.2 Å². The number of hydrogen-bond acceptors (Lipinski definition) is 8. The third-order valence-corrected chi connectivity index (χ3v) is 7.20. The molecule has 40 heavy (non-hydrogen) atoms. The van der Waals surface area contributed by atoms with E-state index in [-0.39, 0.29) is 17.8 Å². The minimum atomic E-state index is -0.226. The van der Waals surface area contributed by atoms with E-state index in [1.54, 1.807) is 23.4 Å². The van der Waals surface area contributed by atoms with E-state index in [4.69, 9.17) is 20.4 Å². The number of nitrogens with zero attached hydrogens (tertiary/aromatic N) is 6. The zero-order valence-corrected chi connectivity index (χ0v) is 21.9. The summed E-state index contributed by atoms with van der Waals surface area (Å²) >= 11 is 0. The molecule has 0 aliphatic carbocycles. The molecule has 1 amide bonds. The number of aromatic nitrogens is 5. The summed E-state index contributed by atoms with van der Waals surface area (Å²) in [6.45, 7) is 0.954. The van der Waals surface area contributed by atoms with Crippen LogP contribution < -0.4 is 5.73 Å². The molecule has 0 bridgehead atoms. The SMILES string of the molecule is COC(=O)C1CCN(C(=O)c2ccc(-n3c(-c4cccnc4N)nc4ccc(-c5ccccc5)nc43)cn2)CC1.